The zero-order valence-electron chi connectivity index (χ0n) is 13.1. The van der Waals surface area contributed by atoms with Crippen LogP contribution in [0.1, 0.15) is 28.4 Å². The number of carbonyl (C=O) groups is 1. The molecule has 0 bridgehead atoms. The van der Waals surface area contributed by atoms with E-state index in [1.54, 1.807) is 44.6 Å². The Kier molecular flexibility index (Phi) is 5.37. The van der Waals surface area contributed by atoms with Crippen LogP contribution in [0.15, 0.2) is 48.5 Å². The highest BCUT2D eigenvalue weighted by molar-refractivity contribution is 6.07. The topological polar surface area (TPSA) is 35.5 Å². The van der Waals surface area contributed by atoms with Crippen molar-refractivity contribution in [3.05, 3.63) is 65.2 Å². The minimum Gasteiger partial charge on any atom is -0.497 e. The smallest absolute Gasteiger partial charge is 0.185 e. The van der Waals surface area contributed by atoms with Crippen LogP contribution in [0.5, 0.6) is 11.5 Å². The monoisotopic (exact) mass is 296 g/mol. The molecule has 0 spiro atoms. The fourth-order valence-corrected chi connectivity index (χ4v) is 2.17. The Bertz CT molecular complexity index is 687. The molecule has 0 saturated carbocycles. The highest BCUT2D eigenvalue weighted by Gasteiger charge is 2.05. The van der Waals surface area contributed by atoms with Gasteiger partial charge < -0.3 is 9.47 Å². The van der Waals surface area contributed by atoms with Crippen LogP contribution in [-0.4, -0.2) is 20.0 Å². The zero-order chi connectivity index (χ0) is 15.9. The summed E-state index contributed by atoms with van der Waals surface area (Å²) >= 11 is 0. The molecular formula is C19H20O3. The van der Waals surface area contributed by atoms with Crippen molar-refractivity contribution in [2.24, 2.45) is 0 Å². The molecule has 0 atom stereocenters. The van der Waals surface area contributed by atoms with E-state index in [2.05, 4.69) is 6.92 Å². The molecule has 2 aromatic rings. The Hall–Kier alpha value is -2.55. The Morgan fingerprint density at radius 1 is 1.09 bits per heavy atom. The molecule has 0 aliphatic heterocycles. The summed E-state index contributed by atoms with van der Waals surface area (Å²) in [7, 11) is 3.21. The molecule has 0 amide bonds. The first kappa shape index (κ1) is 15.8. The maximum atomic E-state index is 12.3. The van der Waals surface area contributed by atoms with Crippen LogP contribution in [0.2, 0.25) is 0 Å². The van der Waals surface area contributed by atoms with E-state index in [0.717, 1.165) is 17.7 Å². The summed E-state index contributed by atoms with van der Waals surface area (Å²) in [5.74, 6) is 1.36. The first-order chi connectivity index (χ1) is 10.7. The van der Waals surface area contributed by atoms with Gasteiger partial charge in [-0.1, -0.05) is 25.1 Å². The van der Waals surface area contributed by atoms with E-state index in [4.69, 9.17) is 9.47 Å². The van der Waals surface area contributed by atoms with E-state index >= 15 is 0 Å². The van der Waals surface area contributed by atoms with Crippen LogP contribution in [0.25, 0.3) is 6.08 Å². The predicted molar refractivity (Wildman–Crippen MR) is 88.7 cm³/mol. The van der Waals surface area contributed by atoms with Gasteiger partial charge in [0.25, 0.3) is 0 Å². The van der Waals surface area contributed by atoms with E-state index in [1.807, 2.05) is 24.3 Å². The lowest BCUT2D eigenvalue weighted by Crippen LogP contribution is -1.95. The molecule has 0 fully saturated rings. The molecule has 2 aromatic carbocycles. The van der Waals surface area contributed by atoms with Gasteiger partial charge >= 0.3 is 0 Å². The van der Waals surface area contributed by atoms with Crippen molar-refractivity contribution in [3.63, 3.8) is 0 Å². The number of carbonyl (C=O) groups excluding carboxylic acids is 1. The summed E-state index contributed by atoms with van der Waals surface area (Å²) in [6.07, 6.45) is 4.29. The average molecular weight is 296 g/mol. The van der Waals surface area contributed by atoms with Crippen molar-refractivity contribution >= 4 is 11.9 Å². The molecule has 22 heavy (non-hydrogen) atoms. The minimum atomic E-state index is -0.0668. The number of ketones is 1. The van der Waals surface area contributed by atoms with Crippen molar-refractivity contribution in [1.82, 2.24) is 0 Å². The fourth-order valence-electron chi connectivity index (χ4n) is 2.17. The number of aryl methyl sites for hydroxylation is 1. The van der Waals surface area contributed by atoms with Crippen LogP contribution in [-0.2, 0) is 6.42 Å². The first-order valence-corrected chi connectivity index (χ1v) is 7.21. The molecule has 0 aliphatic carbocycles. The third-order valence-corrected chi connectivity index (χ3v) is 3.47. The lowest BCUT2D eigenvalue weighted by atomic mass is 10.1. The Balaban J connectivity index is 2.25. The van der Waals surface area contributed by atoms with Crippen molar-refractivity contribution in [2.75, 3.05) is 14.2 Å². The largest absolute Gasteiger partial charge is 0.497 e. The van der Waals surface area contributed by atoms with Crippen LogP contribution < -0.4 is 9.47 Å². The highest BCUT2D eigenvalue weighted by Crippen LogP contribution is 2.22. The van der Waals surface area contributed by atoms with Crippen LogP contribution in [0.4, 0.5) is 0 Å². The quantitative estimate of drug-likeness (QED) is 0.593. The number of methoxy groups -OCH3 is 2. The summed E-state index contributed by atoms with van der Waals surface area (Å²) < 4.78 is 10.5. The molecule has 114 valence electrons. The molecule has 0 aliphatic rings. The second-order valence-corrected chi connectivity index (χ2v) is 4.86. The van der Waals surface area contributed by atoms with Crippen LogP contribution in [0.3, 0.4) is 0 Å². The van der Waals surface area contributed by atoms with Crippen molar-refractivity contribution in [1.29, 1.82) is 0 Å². The zero-order valence-corrected chi connectivity index (χ0v) is 13.1. The van der Waals surface area contributed by atoms with Crippen molar-refractivity contribution in [3.8, 4) is 11.5 Å². The van der Waals surface area contributed by atoms with Gasteiger partial charge in [-0.25, -0.2) is 0 Å². The maximum absolute atomic E-state index is 12.3. The molecule has 0 N–H and O–H groups in total. The van der Waals surface area contributed by atoms with Gasteiger partial charge in [-0.05, 0) is 48.4 Å². The second kappa shape index (κ2) is 7.46. The van der Waals surface area contributed by atoms with Gasteiger partial charge in [-0.3, -0.25) is 4.79 Å². The second-order valence-electron chi connectivity index (χ2n) is 4.86. The van der Waals surface area contributed by atoms with Crippen molar-refractivity contribution in [2.45, 2.75) is 13.3 Å². The number of benzene rings is 2. The van der Waals surface area contributed by atoms with Gasteiger partial charge in [0, 0.05) is 11.1 Å². The summed E-state index contributed by atoms with van der Waals surface area (Å²) in [5, 5.41) is 0. The molecule has 2 rings (SSSR count). The first-order valence-electron chi connectivity index (χ1n) is 7.21. The van der Waals surface area contributed by atoms with Gasteiger partial charge in [-0.15, -0.1) is 0 Å². The summed E-state index contributed by atoms with van der Waals surface area (Å²) in [6.45, 7) is 2.09. The normalized spacial score (nSPS) is 10.7. The number of allylic oxidation sites excluding steroid dienone is 1. The summed E-state index contributed by atoms with van der Waals surface area (Å²) in [5.41, 5.74) is 2.70. The Morgan fingerprint density at radius 3 is 2.59 bits per heavy atom. The number of rotatable bonds is 6. The number of hydrogen-bond donors (Lipinski definition) is 0. The lowest BCUT2D eigenvalue weighted by molar-refractivity contribution is 0.104. The lowest BCUT2D eigenvalue weighted by Gasteiger charge is -2.06. The SMILES string of the molecule is CCc1ccc(OC)c(/C=C/C(=O)c2cccc(OC)c2)c1. The highest BCUT2D eigenvalue weighted by atomic mass is 16.5. The van der Waals surface area contributed by atoms with E-state index in [0.29, 0.717) is 11.3 Å². The van der Waals surface area contributed by atoms with Gasteiger partial charge in [0.2, 0.25) is 0 Å². The molecule has 0 radical (unpaired) electrons. The van der Waals surface area contributed by atoms with Gasteiger partial charge in [-0.2, -0.15) is 0 Å². The maximum Gasteiger partial charge on any atom is 0.185 e. The Morgan fingerprint density at radius 2 is 1.91 bits per heavy atom. The third kappa shape index (κ3) is 3.76. The molecule has 3 nitrogen and oxygen atoms in total. The molecule has 0 aromatic heterocycles. The molecule has 0 heterocycles. The van der Waals surface area contributed by atoms with Gasteiger partial charge in [0.1, 0.15) is 11.5 Å². The third-order valence-electron chi connectivity index (χ3n) is 3.47. The summed E-state index contributed by atoms with van der Waals surface area (Å²) in [6, 6.07) is 13.1. The van der Waals surface area contributed by atoms with Crippen LogP contribution in [0, 0.1) is 0 Å². The average Bonchev–Trinajstić information content (AvgIpc) is 2.59. The predicted octanol–water partition coefficient (Wildman–Crippen LogP) is 4.16. The summed E-state index contributed by atoms with van der Waals surface area (Å²) in [4.78, 5) is 12.3. The standard InChI is InChI=1S/C19H20O3/c1-4-14-8-11-19(22-3)16(12-14)9-10-18(20)15-6-5-7-17(13-15)21-2/h5-13H,4H2,1-3H3/b10-9+. The van der Waals surface area contributed by atoms with E-state index in [-0.39, 0.29) is 5.78 Å². The molecule has 0 unspecified atom stereocenters. The van der Waals surface area contributed by atoms with E-state index in [1.165, 1.54) is 5.56 Å². The van der Waals surface area contributed by atoms with E-state index in [9.17, 15) is 4.79 Å². The van der Waals surface area contributed by atoms with Gasteiger partial charge in [0.05, 0.1) is 14.2 Å². The minimum absolute atomic E-state index is 0.0668. The Labute approximate surface area is 131 Å². The molecule has 3 heteroatoms. The number of hydrogen-bond acceptors (Lipinski definition) is 3. The van der Waals surface area contributed by atoms with Crippen molar-refractivity contribution < 1.29 is 14.3 Å². The number of ether oxygens (including phenoxy) is 2. The van der Waals surface area contributed by atoms with Gasteiger partial charge in [0.15, 0.2) is 5.78 Å². The fraction of sp³-hybridized carbons (Fsp3) is 0.211. The van der Waals surface area contributed by atoms with E-state index < -0.39 is 0 Å². The van der Waals surface area contributed by atoms with Crippen LogP contribution >= 0.6 is 0 Å². The molecule has 0 saturated heterocycles. The molecular weight excluding hydrogens is 276 g/mol.